The molecule has 0 spiro atoms. The molecule has 1 amide bonds. The van der Waals surface area contributed by atoms with Crippen LogP contribution in [0.5, 0.6) is 0 Å². The van der Waals surface area contributed by atoms with Gasteiger partial charge in [0, 0.05) is 17.8 Å². The smallest absolute Gasteiger partial charge is 0.257 e. The summed E-state index contributed by atoms with van der Waals surface area (Å²) in [5, 5.41) is 16.1. The molecule has 1 aliphatic heterocycles. The van der Waals surface area contributed by atoms with Crippen LogP contribution in [0.3, 0.4) is 0 Å². The number of nitrogens with one attached hydrogen (secondary N) is 1. The van der Waals surface area contributed by atoms with E-state index in [0.717, 1.165) is 11.4 Å². The highest BCUT2D eigenvalue weighted by Crippen LogP contribution is 2.40. The zero-order valence-corrected chi connectivity index (χ0v) is 13.0. The van der Waals surface area contributed by atoms with Gasteiger partial charge in [-0.2, -0.15) is 0 Å². The minimum atomic E-state index is -0.823. The topological polar surface area (TPSA) is 64.9 Å². The number of rotatable bonds is 3. The van der Waals surface area contributed by atoms with Crippen LogP contribution in [0.25, 0.3) is 0 Å². The quantitative estimate of drug-likeness (QED) is 0.675. The van der Waals surface area contributed by atoms with Gasteiger partial charge in [-0.15, -0.1) is 0 Å². The minimum absolute atomic E-state index is 0.0440. The standard InChI is InChI=1S/C19H17N3O2/c23-18-19(20-14-7-3-1-4-8-14)12-11-16(21-24)17(13-19)22(18)15-9-5-2-6-10-15/h1-12,17,20,24H,13H2/b21-16-/t17-,19+/m1/s1. The number of amides is 1. The molecule has 5 nitrogen and oxygen atoms in total. The molecule has 0 aromatic heterocycles. The molecule has 0 unspecified atom stereocenters. The first kappa shape index (κ1) is 14.5. The Morgan fingerprint density at radius 2 is 1.75 bits per heavy atom. The second kappa shape index (κ2) is 5.53. The first-order chi connectivity index (χ1) is 11.7. The number of anilines is 2. The molecular formula is C19H17N3O2. The molecule has 120 valence electrons. The Morgan fingerprint density at radius 3 is 2.42 bits per heavy atom. The van der Waals surface area contributed by atoms with Gasteiger partial charge in [0.25, 0.3) is 5.91 Å². The summed E-state index contributed by atoms with van der Waals surface area (Å²) in [6.07, 6.45) is 4.05. The zero-order valence-electron chi connectivity index (χ0n) is 13.0. The first-order valence-corrected chi connectivity index (χ1v) is 7.87. The maximum atomic E-state index is 13.3. The van der Waals surface area contributed by atoms with Crippen molar-refractivity contribution < 1.29 is 10.0 Å². The summed E-state index contributed by atoms with van der Waals surface area (Å²) in [6, 6.07) is 18.9. The van der Waals surface area contributed by atoms with E-state index in [9.17, 15) is 10.0 Å². The van der Waals surface area contributed by atoms with Crippen LogP contribution in [0.2, 0.25) is 0 Å². The Hall–Kier alpha value is -3.08. The van der Waals surface area contributed by atoms with E-state index in [4.69, 9.17) is 0 Å². The van der Waals surface area contributed by atoms with Crippen LogP contribution in [0.4, 0.5) is 11.4 Å². The van der Waals surface area contributed by atoms with Crippen molar-refractivity contribution in [2.45, 2.75) is 18.0 Å². The number of benzene rings is 2. The van der Waals surface area contributed by atoms with Gasteiger partial charge in [-0.3, -0.25) is 4.79 Å². The summed E-state index contributed by atoms with van der Waals surface area (Å²) in [4.78, 5) is 15.0. The largest absolute Gasteiger partial charge is 0.411 e. The molecule has 5 heteroatoms. The molecule has 1 fully saturated rings. The van der Waals surface area contributed by atoms with E-state index in [0.29, 0.717) is 12.1 Å². The molecule has 1 aliphatic carbocycles. The Morgan fingerprint density at radius 1 is 1.08 bits per heavy atom. The maximum Gasteiger partial charge on any atom is 0.257 e. The number of hydrogen-bond acceptors (Lipinski definition) is 4. The zero-order chi connectivity index (χ0) is 16.6. The molecule has 4 rings (SSSR count). The lowest BCUT2D eigenvalue weighted by atomic mass is 9.87. The van der Waals surface area contributed by atoms with Gasteiger partial charge in [0.15, 0.2) is 0 Å². The highest BCUT2D eigenvalue weighted by atomic mass is 16.4. The van der Waals surface area contributed by atoms with Crippen molar-refractivity contribution in [1.29, 1.82) is 0 Å². The van der Waals surface area contributed by atoms with Crippen molar-refractivity contribution in [1.82, 2.24) is 0 Å². The number of para-hydroxylation sites is 2. The Labute approximate surface area is 139 Å². The second-order valence-corrected chi connectivity index (χ2v) is 6.05. The van der Waals surface area contributed by atoms with Crippen molar-refractivity contribution in [3.8, 4) is 0 Å². The van der Waals surface area contributed by atoms with Gasteiger partial charge in [0.05, 0.1) is 6.04 Å². The van der Waals surface area contributed by atoms with E-state index >= 15 is 0 Å². The molecule has 1 saturated heterocycles. The lowest BCUT2D eigenvalue weighted by Gasteiger charge is -2.27. The molecule has 2 aromatic carbocycles. The Balaban J connectivity index is 1.77. The van der Waals surface area contributed by atoms with Crippen LogP contribution in [-0.2, 0) is 4.79 Å². The molecule has 2 bridgehead atoms. The van der Waals surface area contributed by atoms with Gasteiger partial charge in [-0.25, -0.2) is 0 Å². The van der Waals surface area contributed by atoms with Gasteiger partial charge >= 0.3 is 0 Å². The predicted octanol–water partition coefficient (Wildman–Crippen LogP) is 3.04. The van der Waals surface area contributed by atoms with E-state index in [1.165, 1.54) is 0 Å². The number of nitrogens with zero attached hydrogens (tertiary/aromatic N) is 2. The van der Waals surface area contributed by atoms with Crippen LogP contribution in [0.15, 0.2) is 78.0 Å². The number of carbonyl (C=O) groups excluding carboxylic acids is 1. The fourth-order valence-corrected chi connectivity index (χ4v) is 3.47. The summed E-state index contributed by atoms with van der Waals surface area (Å²) >= 11 is 0. The van der Waals surface area contributed by atoms with Crippen LogP contribution in [0.1, 0.15) is 6.42 Å². The van der Waals surface area contributed by atoms with Crippen LogP contribution in [0, 0.1) is 0 Å². The van der Waals surface area contributed by atoms with E-state index in [1.54, 1.807) is 17.1 Å². The van der Waals surface area contributed by atoms with Crippen molar-refractivity contribution in [3.63, 3.8) is 0 Å². The highest BCUT2D eigenvalue weighted by Gasteiger charge is 2.54. The molecule has 2 N–H and O–H groups in total. The van der Waals surface area contributed by atoms with E-state index < -0.39 is 5.54 Å². The molecule has 2 aliphatic rings. The van der Waals surface area contributed by atoms with E-state index in [2.05, 4.69) is 10.5 Å². The second-order valence-electron chi connectivity index (χ2n) is 6.05. The average molecular weight is 319 g/mol. The first-order valence-electron chi connectivity index (χ1n) is 7.87. The van der Waals surface area contributed by atoms with Crippen LogP contribution < -0.4 is 10.2 Å². The molecule has 0 radical (unpaired) electrons. The van der Waals surface area contributed by atoms with Crippen molar-refractivity contribution in [2.75, 3.05) is 10.2 Å². The Bertz CT molecular complexity index is 817. The number of oxime groups is 1. The average Bonchev–Trinajstić information content (AvgIpc) is 2.85. The lowest BCUT2D eigenvalue weighted by Crippen LogP contribution is -2.44. The number of carbonyl (C=O) groups is 1. The van der Waals surface area contributed by atoms with E-state index in [-0.39, 0.29) is 11.9 Å². The molecule has 2 atom stereocenters. The fraction of sp³-hybridized carbons (Fsp3) is 0.158. The fourth-order valence-electron chi connectivity index (χ4n) is 3.47. The summed E-state index contributed by atoms with van der Waals surface area (Å²) < 4.78 is 0. The summed E-state index contributed by atoms with van der Waals surface area (Å²) in [5.74, 6) is -0.0440. The third-order valence-electron chi connectivity index (χ3n) is 4.60. The Kier molecular flexibility index (Phi) is 3.34. The molecular weight excluding hydrogens is 302 g/mol. The third-order valence-corrected chi connectivity index (χ3v) is 4.60. The van der Waals surface area contributed by atoms with Crippen molar-refractivity contribution in [3.05, 3.63) is 72.8 Å². The maximum absolute atomic E-state index is 13.3. The summed E-state index contributed by atoms with van der Waals surface area (Å²) in [5.41, 5.74) is 1.36. The van der Waals surface area contributed by atoms with E-state index in [1.807, 2.05) is 60.7 Å². The number of fused-ring (bicyclic) bond motifs is 2. The van der Waals surface area contributed by atoms with Gasteiger partial charge in [0.1, 0.15) is 11.3 Å². The summed E-state index contributed by atoms with van der Waals surface area (Å²) in [7, 11) is 0. The molecule has 24 heavy (non-hydrogen) atoms. The lowest BCUT2D eigenvalue weighted by molar-refractivity contribution is -0.119. The van der Waals surface area contributed by atoms with Gasteiger partial charge in [0.2, 0.25) is 0 Å². The minimum Gasteiger partial charge on any atom is -0.411 e. The van der Waals surface area contributed by atoms with Gasteiger partial charge < -0.3 is 15.4 Å². The highest BCUT2D eigenvalue weighted by molar-refractivity contribution is 6.18. The SMILES string of the molecule is O=C1N(c2ccccc2)[C@@H]2C[C@@]1(Nc1ccccc1)C=C/C2=N/O. The predicted molar refractivity (Wildman–Crippen MR) is 93.5 cm³/mol. The van der Waals surface area contributed by atoms with Crippen molar-refractivity contribution >= 4 is 23.0 Å². The summed E-state index contributed by atoms with van der Waals surface area (Å²) in [6.45, 7) is 0. The third kappa shape index (κ3) is 2.17. The monoisotopic (exact) mass is 319 g/mol. The van der Waals surface area contributed by atoms with Gasteiger partial charge in [-0.1, -0.05) is 41.6 Å². The molecule has 2 aromatic rings. The molecule has 1 heterocycles. The number of hydrogen-bond donors (Lipinski definition) is 2. The van der Waals surface area contributed by atoms with Crippen LogP contribution in [-0.4, -0.2) is 28.4 Å². The molecule has 0 saturated carbocycles. The van der Waals surface area contributed by atoms with Crippen LogP contribution >= 0.6 is 0 Å². The van der Waals surface area contributed by atoms with Gasteiger partial charge in [-0.05, 0) is 36.4 Å². The van der Waals surface area contributed by atoms with Crippen molar-refractivity contribution in [2.24, 2.45) is 5.16 Å². The normalized spacial score (nSPS) is 26.8.